The SMILES string of the molecule is COc1cc(Br)c(CCC(=O)Nc2cccc([N+](=O)[O-])c2)cc1OC. The van der Waals surface area contributed by atoms with Crippen molar-refractivity contribution in [2.24, 2.45) is 0 Å². The number of non-ortho nitro benzene ring substituents is 1. The van der Waals surface area contributed by atoms with E-state index in [0.717, 1.165) is 10.0 Å². The van der Waals surface area contributed by atoms with Crippen LogP contribution in [0.25, 0.3) is 0 Å². The van der Waals surface area contributed by atoms with Gasteiger partial charge in [-0.1, -0.05) is 22.0 Å². The molecule has 2 aromatic carbocycles. The molecule has 132 valence electrons. The fourth-order valence-corrected chi connectivity index (χ4v) is 2.78. The largest absolute Gasteiger partial charge is 0.493 e. The molecule has 0 saturated heterocycles. The topological polar surface area (TPSA) is 90.7 Å². The number of nitrogens with zero attached hydrogens (tertiary/aromatic N) is 1. The van der Waals surface area contributed by atoms with Crippen molar-refractivity contribution in [2.45, 2.75) is 12.8 Å². The van der Waals surface area contributed by atoms with E-state index in [4.69, 9.17) is 9.47 Å². The van der Waals surface area contributed by atoms with Gasteiger partial charge in [0.15, 0.2) is 11.5 Å². The minimum absolute atomic E-state index is 0.0690. The second-order valence-electron chi connectivity index (χ2n) is 5.15. The van der Waals surface area contributed by atoms with Crippen LogP contribution in [0, 0.1) is 10.1 Å². The first-order valence-corrected chi connectivity index (χ1v) is 8.18. The van der Waals surface area contributed by atoms with Crippen molar-refractivity contribution in [2.75, 3.05) is 19.5 Å². The molecule has 1 amide bonds. The summed E-state index contributed by atoms with van der Waals surface area (Å²) < 4.78 is 11.3. The van der Waals surface area contributed by atoms with Crippen LogP contribution in [0.15, 0.2) is 40.9 Å². The summed E-state index contributed by atoms with van der Waals surface area (Å²) in [5.41, 5.74) is 1.22. The van der Waals surface area contributed by atoms with Crippen LogP contribution in [0.4, 0.5) is 11.4 Å². The Labute approximate surface area is 153 Å². The number of ether oxygens (including phenoxy) is 2. The van der Waals surface area contributed by atoms with Crippen molar-refractivity contribution in [3.63, 3.8) is 0 Å². The zero-order chi connectivity index (χ0) is 18.4. The molecule has 0 spiro atoms. The van der Waals surface area contributed by atoms with Crippen LogP contribution in [-0.4, -0.2) is 25.1 Å². The van der Waals surface area contributed by atoms with Gasteiger partial charge in [-0.25, -0.2) is 0 Å². The summed E-state index contributed by atoms with van der Waals surface area (Å²) in [4.78, 5) is 22.4. The van der Waals surface area contributed by atoms with Crippen molar-refractivity contribution in [1.82, 2.24) is 0 Å². The normalized spacial score (nSPS) is 10.2. The summed E-state index contributed by atoms with van der Waals surface area (Å²) in [6.07, 6.45) is 0.693. The number of carbonyl (C=O) groups excluding carboxylic acids is 1. The van der Waals surface area contributed by atoms with Gasteiger partial charge >= 0.3 is 0 Å². The Morgan fingerprint density at radius 2 is 1.88 bits per heavy atom. The molecule has 0 radical (unpaired) electrons. The van der Waals surface area contributed by atoms with Gasteiger partial charge in [0.05, 0.1) is 19.1 Å². The molecule has 0 aromatic heterocycles. The van der Waals surface area contributed by atoms with Crippen LogP contribution >= 0.6 is 15.9 Å². The van der Waals surface area contributed by atoms with E-state index in [1.54, 1.807) is 26.4 Å². The minimum Gasteiger partial charge on any atom is -0.493 e. The third kappa shape index (κ3) is 4.93. The summed E-state index contributed by atoms with van der Waals surface area (Å²) in [6, 6.07) is 9.42. The third-order valence-corrected chi connectivity index (χ3v) is 4.25. The van der Waals surface area contributed by atoms with Gasteiger partial charge < -0.3 is 14.8 Å². The average molecular weight is 409 g/mol. The number of carbonyl (C=O) groups is 1. The van der Waals surface area contributed by atoms with Crippen molar-refractivity contribution in [3.8, 4) is 11.5 Å². The van der Waals surface area contributed by atoms with Gasteiger partial charge in [-0.05, 0) is 30.2 Å². The number of hydrogen-bond donors (Lipinski definition) is 1. The lowest BCUT2D eigenvalue weighted by molar-refractivity contribution is -0.384. The maximum atomic E-state index is 12.1. The highest BCUT2D eigenvalue weighted by Crippen LogP contribution is 2.33. The van der Waals surface area contributed by atoms with Crippen molar-refractivity contribution in [1.29, 1.82) is 0 Å². The van der Waals surface area contributed by atoms with Crippen LogP contribution in [0.5, 0.6) is 11.5 Å². The number of nitro groups is 1. The number of hydrogen-bond acceptors (Lipinski definition) is 5. The number of nitro benzene ring substituents is 1. The third-order valence-electron chi connectivity index (χ3n) is 3.51. The van der Waals surface area contributed by atoms with Crippen molar-refractivity contribution < 1.29 is 19.2 Å². The molecule has 2 aromatic rings. The fraction of sp³-hybridized carbons (Fsp3) is 0.235. The molecular formula is C17H17BrN2O5. The van der Waals surface area contributed by atoms with E-state index in [0.29, 0.717) is 23.6 Å². The van der Waals surface area contributed by atoms with E-state index in [-0.39, 0.29) is 18.0 Å². The summed E-state index contributed by atoms with van der Waals surface area (Å²) in [5, 5.41) is 13.4. The summed E-state index contributed by atoms with van der Waals surface area (Å²) in [7, 11) is 3.10. The fourth-order valence-electron chi connectivity index (χ4n) is 2.26. The first kappa shape index (κ1) is 18.7. The molecule has 1 N–H and O–H groups in total. The molecular weight excluding hydrogens is 392 g/mol. The molecule has 0 aliphatic carbocycles. The Bertz CT molecular complexity index is 795. The predicted molar refractivity (Wildman–Crippen MR) is 97.3 cm³/mol. The van der Waals surface area contributed by atoms with Gasteiger partial charge in [0.1, 0.15) is 0 Å². The first-order chi connectivity index (χ1) is 11.9. The highest BCUT2D eigenvalue weighted by molar-refractivity contribution is 9.10. The van der Waals surface area contributed by atoms with Gasteiger partial charge in [0.25, 0.3) is 5.69 Å². The maximum absolute atomic E-state index is 12.1. The standard InChI is InChI=1S/C17H17BrN2O5/c1-24-15-8-11(14(18)10-16(15)25-2)6-7-17(21)19-12-4-3-5-13(9-12)20(22)23/h3-5,8-10H,6-7H2,1-2H3,(H,19,21). The molecule has 2 rings (SSSR count). The number of nitrogens with one attached hydrogen (secondary N) is 1. The number of rotatable bonds is 7. The average Bonchev–Trinajstić information content (AvgIpc) is 2.60. The second kappa shape index (κ2) is 8.48. The zero-order valence-corrected chi connectivity index (χ0v) is 15.3. The predicted octanol–water partition coefficient (Wildman–Crippen LogP) is 3.95. The molecule has 0 saturated carbocycles. The molecule has 8 heteroatoms. The van der Waals surface area contributed by atoms with E-state index >= 15 is 0 Å². The van der Waals surface area contributed by atoms with Gasteiger partial charge in [-0.3, -0.25) is 14.9 Å². The molecule has 25 heavy (non-hydrogen) atoms. The quantitative estimate of drug-likeness (QED) is 0.553. The molecule has 0 aliphatic heterocycles. The second-order valence-corrected chi connectivity index (χ2v) is 6.01. The lowest BCUT2D eigenvalue weighted by Gasteiger charge is -2.12. The number of anilines is 1. The minimum atomic E-state index is -0.504. The Kier molecular flexibility index (Phi) is 6.35. The van der Waals surface area contributed by atoms with Crippen LogP contribution in [0.1, 0.15) is 12.0 Å². The smallest absolute Gasteiger partial charge is 0.271 e. The van der Waals surface area contributed by atoms with E-state index in [9.17, 15) is 14.9 Å². The molecule has 0 bridgehead atoms. The van der Waals surface area contributed by atoms with Gasteiger partial charge in [0, 0.05) is 28.7 Å². The molecule has 7 nitrogen and oxygen atoms in total. The first-order valence-electron chi connectivity index (χ1n) is 7.39. The number of methoxy groups -OCH3 is 2. The van der Waals surface area contributed by atoms with Gasteiger partial charge in [0.2, 0.25) is 5.91 Å². The molecule has 0 heterocycles. The van der Waals surface area contributed by atoms with E-state index in [1.165, 1.54) is 18.2 Å². The van der Waals surface area contributed by atoms with Crippen LogP contribution in [-0.2, 0) is 11.2 Å². The van der Waals surface area contributed by atoms with E-state index in [2.05, 4.69) is 21.2 Å². The van der Waals surface area contributed by atoms with Gasteiger partial charge in [-0.15, -0.1) is 0 Å². The number of benzene rings is 2. The van der Waals surface area contributed by atoms with Crippen LogP contribution in [0.3, 0.4) is 0 Å². The number of aryl methyl sites for hydroxylation is 1. The zero-order valence-electron chi connectivity index (χ0n) is 13.7. The van der Waals surface area contributed by atoms with Crippen LogP contribution in [0.2, 0.25) is 0 Å². The van der Waals surface area contributed by atoms with E-state index < -0.39 is 4.92 Å². The molecule has 0 aliphatic rings. The highest BCUT2D eigenvalue weighted by atomic mass is 79.9. The summed E-state index contributed by atoms with van der Waals surface area (Å²) in [6.45, 7) is 0. The molecule has 0 atom stereocenters. The van der Waals surface area contributed by atoms with E-state index in [1.807, 2.05) is 6.07 Å². The Morgan fingerprint density at radius 3 is 2.52 bits per heavy atom. The summed E-state index contributed by atoms with van der Waals surface area (Å²) in [5.74, 6) is 0.946. The number of halogens is 1. The van der Waals surface area contributed by atoms with Gasteiger partial charge in [-0.2, -0.15) is 0 Å². The lowest BCUT2D eigenvalue weighted by atomic mass is 10.1. The Balaban J connectivity index is 2.03. The van der Waals surface area contributed by atoms with Crippen molar-refractivity contribution in [3.05, 3.63) is 56.5 Å². The Morgan fingerprint density at radius 1 is 1.20 bits per heavy atom. The van der Waals surface area contributed by atoms with Crippen molar-refractivity contribution >= 4 is 33.2 Å². The van der Waals surface area contributed by atoms with Crippen LogP contribution < -0.4 is 14.8 Å². The summed E-state index contributed by atoms with van der Waals surface area (Å²) >= 11 is 3.45. The lowest BCUT2D eigenvalue weighted by Crippen LogP contribution is -2.12. The molecule has 0 fully saturated rings. The molecule has 0 unspecified atom stereocenters. The number of amides is 1. The highest BCUT2D eigenvalue weighted by Gasteiger charge is 2.12. The Hall–Kier alpha value is -2.61. The maximum Gasteiger partial charge on any atom is 0.271 e. The monoisotopic (exact) mass is 408 g/mol.